The SMILES string of the molecule is CCOC(=O)COc1ccc(/C=c2\sc3n(c2=O)[C@H](c2ccc(OC)cc2)C(C(=O)OC(C)C)=C(C)N=3)cc1. The summed E-state index contributed by atoms with van der Waals surface area (Å²) >= 11 is 1.24. The summed E-state index contributed by atoms with van der Waals surface area (Å²) in [4.78, 5) is 43.5. The standard InChI is InChI=1S/C29H30N2O7S/c1-6-36-24(32)16-37-22-11-7-19(8-12-22)15-23-27(33)31-26(20-9-13-21(35-5)14-10-20)25(28(34)38-17(2)3)18(4)30-29(31)39-23/h7-15,17,26H,6,16H2,1-5H3/b23-15-/t26-/m1/s1. The van der Waals surface area contributed by atoms with Crippen molar-refractivity contribution in [1.82, 2.24) is 4.57 Å². The Morgan fingerprint density at radius 2 is 1.74 bits per heavy atom. The third-order valence-corrected chi connectivity index (χ3v) is 6.84. The van der Waals surface area contributed by atoms with Crippen molar-refractivity contribution in [3.8, 4) is 11.5 Å². The number of rotatable bonds is 9. The molecule has 39 heavy (non-hydrogen) atoms. The van der Waals surface area contributed by atoms with Crippen molar-refractivity contribution >= 4 is 29.4 Å². The molecule has 0 bridgehead atoms. The zero-order valence-electron chi connectivity index (χ0n) is 22.4. The molecule has 204 valence electrons. The zero-order chi connectivity index (χ0) is 28.1. The molecule has 0 fully saturated rings. The maximum atomic E-state index is 13.7. The van der Waals surface area contributed by atoms with Crippen LogP contribution in [0.4, 0.5) is 0 Å². The Morgan fingerprint density at radius 1 is 1.08 bits per heavy atom. The van der Waals surface area contributed by atoms with Gasteiger partial charge in [0.2, 0.25) is 0 Å². The molecular weight excluding hydrogens is 520 g/mol. The molecule has 0 saturated carbocycles. The highest BCUT2D eigenvalue weighted by Crippen LogP contribution is 2.31. The Morgan fingerprint density at radius 3 is 2.36 bits per heavy atom. The number of benzene rings is 2. The lowest BCUT2D eigenvalue weighted by Crippen LogP contribution is -2.40. The van der Waals surface area contributed by atoms with Crippen molar-refractivity contribution in [2.24, 2.45) is 4.99 Å². The number of methoxy groups -OCH3 is 1. The number of hydrogen-bond donors (Lipinski definition) is 0. The first-order chi connectivity index (χ1) is 18.7. The lowest BCUT2D eigenvalue weighted by atomic mass is 9.96. The minimum Gasteiger partial charge on any atom is -0.497 e. The van der Waals surface area contributed by atoms with Gasteiger partial charge in [-0.25, -0.2) is 14.6 Å². The van der Waals surface area contributed by atoms with E-state index in [1.165, 1.54) is 11.3 Å². The highest BCUT2D eigenvalue weighted by Gasteiger charge is 2.33. The van der Waals surface area contributed by atoms with Crippen molar-refractivity contribution in [2.75, 3.05) is 20.3 Å². The Balaban J connectivity index is 1.74. The molecule has 0 unspecified atom stereocenters. The van der Waals surface area contributed by atoms with Crippen LogP contribution in [0.3, 0.4) is 0 Å². The summed E-state index contributed by atoms with van der Waals surface area (Å²) in [6.07, 6.45) is 1.43. The lowest BCUT2D eigenvalue weighted by Gasteiger charge is -2.25. The fraction of sp³-hybridized carbons (Fsp3) is 0.310. The number of hydrogen-bond acceptors (Lipinski definition) is 9. The van der Waals surface area contributed by atoms with Gasteiger partial charge in [-0.05, 0) is 69.2 Å². The van der Waals surface area contributed by atoms with Crippen LogP contribution in [0.15, 0.2) is 69.6 Å². The monoisotopic (exact) mass is 550 g/mol. The average Bonchev–Trinajstić information content (AvgIpc) is 3.21. The highest BCUT2D eigenvalue weighted by molar-refractivity contribution is 7.07. The van der Waals surface area contributed by atoms with E-state index in [4.69, 9.17) is 18.9 Å². The smallest absolute Gasteiger partial charge is 0.344 e. The average molecular weight is 551 g/mol. The second-order valence-corrected chi connectivity index (χ2v) is 9.98. The minimum atomic E-state index is -0.709. The summed E-state index contributed by atoms with van der Waals surface area (Å²) < 4.78 is 23.1. The van der Waals surface area contributed by atoms with Gasteiger partial charge in [0, 0.05) is 0 Å². The van der Waals surface area contributed by atoms with Gasteiger partial charge in [0.15, 0.2) is 11.4 Å². The zero-order valence-corrected chi connectivity index (χ0v) is 23.2. The summed E-state index contributed by atoms with van der Waals surface area (Å²) in [5.41, 5.74) is 2.04. The lowest BCUT2D eigenvalue weighted by molar-refractivity contribution is -0.145. The number of nitrogens with zero attached hydrogens (tertiary/aromatic N) is 2. The molecule has 0 amide bonds. The quantitative estimate of drug-likeness (QED) is 0.377. The van der Waals surface area contributed by atoms with E-state index in [9.17, 15) is 14.4 Å². The largest absolute Gasteiger partial charge is 0.497 e. The number of allylic oxidation sites excluding steroid dienone is 1. The predicted octanol–water partition coefficient (Wildman–Crippen LogP) is 3.14. The molecule has 2 heterocycles. The maximum Gasteiger partial charge on any atom is 0.344 e. The summed E-state index contributed by atoms with van der Waals surface area (Å²) in [7, 11) is 1.58. The Hall–Kier alpha value is -4.18. The minimum absolute atomic E-state index is 0.182. The van der Waals surface area contributed by atoms with Gasteiger partial charge < -0.3 is 18.9 Å². The van der Waals surface area contributed by atoms with E-state index in [0.29, 0.717) is 32.1 Å². The van der Waals surface area contributed by atoms with E-state index in [0.717, 1.165) is 11.1 Å². The van der Waals surface area contributed by atoms with Crippen molar-refractivity contribution in [1.29, 1.82) is 0 Å². The molecule has 1 aromatic heterocycles. The molecule has 0 N–H and O–H groups in total. The third kappa shape index (κ3) is 6.28. The van der Waals surface area contributed by atoms with Gasteiger partial charge in [0.25, 0.3) is 5.56 Å². The van der Waals surface area contributed by atoms with Crippen LogP contribution in [0.25, 0.3) is 6.08 Å². The Bertz CT molecular complexity index is 1570. The Labute approximate surface area is 229 Å². The predicted molar refractivity (Wildman–Crippen MR) is 147 cm³/mol. The molecule has 3 aromatic rings. The summed E-state index contributed by atoms with van der Waals surface area (Å²) in [5, 5.41) is 0. The van der Waals surface area contributed by atoms with Gasteiger partial charge in [0.05, 0.1) is 41.7 Å². The number of carbonyl (C=O) groups is 2. The van der Waals surface area contributed by atoms with Crippen LogP contribution in [-0.4, -0.2) is 42.9 Å². The van der Waals surface area contributed by atoms with E-state index >= 15 is 0 Å². The van der Waals surface area contributed by atoms with Crippen LogP contribution in [0, 0.1) is 0 Å². The summed E-state index contributed by atoms with van der Waals surface area (Å²) in [6, 6.07) is 13.5. The first-order valence-corrected chi connectivity index (χ1v) is 13.3. The van der Waals surface area contributed by atoms with Crippen LogP contribution in [0.1, 0.15) is 44.9 Å². The normalized spacial score (nSPS) is 15.0. The van der Waals surface area contributed by atoms with Crippen molar-refractivity contribution in [3.05, 3.63) is 90.6 Å². The van der Waals surface area contributed by atoms with E-state index in [2.05, 4.69) is 4.99 Å². The molecule has 0 aliphatic carbocycles. The van der Waals surface area contributed by atoms with Gasteiger partial charge in [-0.2, -0.15) is 0 Å². The van der Waals surface area contributed by atoms with Crippen molar-refractivity contribution in [3.63, 3.8) is 0 Å². The van der Waals surface area contributed by atoms with Crippen LogP contribution >= 0.6 is 11.3 Å². The first kappa shape index (κ1) is 27.8. The molecule has 10 heteroatoms. The van der Waals surface area contributed by atoms with E-state index in [-0.39, 0.29) is 24.9 Å². The van der Waals surface area contributed by atoms with E-state index in [1.54, 1.807) is 81.8 Å². The molecule has 0 radical (unpaired) electrons. The topological polar surface area (TPSA) is 105 Å². The van der Waals surface area contributed by atoms with Gasteiger partial charge in [-0.1, -0.05) is 35.6 Å². The third-order valence-electron chi connectivity index (χ3n) is 5.86. The molecule has 1 aliphatic rings. The van der Waals surface area contributed by atoms with E-state index < -0.39 is 18.0 Å². The highest BCUT2D eigenvalue weighted by atomic mass is 32.1. The number of esters is 2. The first-order valence-electron chi connectivity index (χ1n) is 12.5. The number of fused-ring (bicyclic) bond motifs is 1. The van der Waals surface area contributed by atoms with Crippen molar-refractivity contribution < 1.29 is 28.5 Å². The van der Waals surface area contributed by atoms with Crippen LogP contribution < -0.4 is 24.4 Å². The molecule has 0 spiro atoms. The molecular formula is C29H30N2O7S. The molecule has 9 nitrogen and oxygen atoms in total. The van der Waals surface area contributed by atoms with E-state index in [1.807, 2.05) is 12.1 Å². The molecule has 1 aliphatic heterocycles. The van der Waals surface area contributed by atoms with Crippen LogP contribution in [0.2, 0.25) is 0 Å². The molecule has 1 atom stereocenters. The fourth-order valence-electron chi connectivity index (χ4n) is 4.12. The van der Waals surface area contributed by atoms with Crippen LogP contribution in [-0.2, 0) is 19.1 Å². The molecule has 2 aromatic carbocycles. The number of thiazole rings is 1. The number of ether oxygens (including phenoxy) is 4. The second kappa shape index (κ2) is 12.1. The maximum absolute atomic E-state index is 13.7. The van der Waals surface area contributed by atoms with Crippen molar-refractivity contribution in [2.45, 2.75) is 39.8 Å². The second-order valence-electron chi connectivity index (χ2n) is 8.97. The Kier molecular flexibility index (Phi) is 8.65. The number of aromatic nitrogens is 1. The number of carbonyl (C=O) groups excluding carboxylic acids is 2. The van der Waals surface area contributed by atoms with Gasteiger partial charge >= 0.3 is 11.9 Å². The molecule has 0 saturated heterocycles. The molecule has 4 rings (SSSR count). The summed E-state index contributed by atoms with van der Waals surface area (Å²) in [5.74, 6) is 0.207. The van der Waals surface area contributed by atoms with Crippen LogP contribution in [0.5, 0.6) is 11.5 Å². The fourth-order valence-corrected chi connectivity index (χ4v) is 5.17. The van der Waals surface area contributed by atoms with Gasteiger partial charge in [-0.15, -0.1) is 0 Å². The van der Waals surface area contributed by atoms with Gasteiger partial charge in [-0.3, -0.25) is 9.36 Å². The summed E-state index contributed by atoms with van der Waals surface area (Å²) in [6.45, 7) is 7.14. The van der Waals surface area contributed by atoms with Gasteiger partial charge in [0.1, 0.15) is 11.5 Å².